The second-order valence-electron chi connectivity index (χ2n) is 7.68. The van der Waals surface area contributed by atoms with Gasteiger partial charge in [-0.1, -0.05) is 12.5 Å². The van der Waals surface area contributed by atoms with Crippen molar-refractivity contribution in [3.8, 4) is 0 Å². The first-order chi connectivity index (χ1) is 15.0. The molecule has 0 aromatic heterocycles. The van der Waals surface area contributed by atoms with Crippen LogP contribution in [0.3, 0.4) is 0 Å². The Hall–Kier alpha value is -2.91. The summed E-state index contributed by atoms with van der Waals surface area (Å²) in [5.41, 5.74) is 9.99. The van der Waals surface area contributed by atoms with Crippen LogP contribution in [0.5, 0.6) is 0 Å². The van der Waals surface area contributed by atoms with Crippen LogP contribution >= 0.6 is 11.8 Å². The molecule has 3 rings (SSSR count). The van der Waals surface area contributed by atoms with Crippen LogP contribution in [0, 0.1) is 10.1 Å². The monoisotopic (exact) mass is 446 g/mol. The van der Waals surface area contributed by atoms with E-state index in [0.717, 1.165) is 25.0 Å². The van der Waals surface area contributed by atoms with E-state index in [-0.39, 0.29) is 29.7 Å². The summed E-state index contributed by atoms with van der Waals surface area (Å²) in [5.74, 6) is 0.912. The van der Waals surface area contributed by atoms with Gasteiger partial charge in [0.05, 0.1) is 29.0 Å². The van der Waals surface area contributed by atoms with Crippen LogP contribution in [-0.2, 0) is 4.79 Å². The molecule has 0 radical (unpaired) electrons. The van der Waals surface area contributed by atoms with Gasteiger partial charge in [-0.05, 0) is 25.3 Å². The van der Waals surface area contributed by atoms with Gasteiger partial charge in [0, 0.05) is 36.1 Å². The molecule has 2 aliphatic heterocycles. The van der Waals surface area contributed by atoms with Crippen molar-refractivity contribution in [3.05, 3.63) is 45.5 Å². The second kappa shape index (κ2) is 10.9. The normalized spacial score (nSPS) is 21.5. The molecule has 1 aromatic carbocycles. The van der Waals surface area contributed by atoms with Crippen LogP contribution in [-0.4, -0.2) is 57.0 Å². The lowest BCUT2D eigenvalue weighted by Crippen LogP contribution is -2.36. The minimum Gasteiger partial charge on any atom is -0.361 e. The molecule has 1 aromatic rings. The summed E-state index contributed by atoms with van der Waals surface area (Å²) in [4.78, 5) is 37.1. The Kier molecular flexibility index (Phi) is 8.02. The zero-order valence-electron chi connectivity index (χ0n) is 17.1. The van der Waals surface area contributed by atoms with Gasteiger partial charge < -0.3 is 21.5 Å². The predicted octanol–water partition coefficient (Wildman–Crippen LogP) is 2.24. The maximum atomic E-state index is 12.0. The molecule has 11 heteroatoms. The molecule has 2 fully saturated rings. The lowest BCUT2D eigenvalue weighted by atomic mass is 10.0. The van der Waals surface area contributed by atoms with E-state index in [1.54, 1.807) is 12.1 Å². The van der Waals surface area contributed by atoms with Crippen molar-refractivity contribution in [1.29, 1.82) is 0 Å². The highest BCUT2D eigenvalue weighted by Crippen LogP contribution is 2.33. The van der Waals surface area contributed by atoms with Crippen molar-refractivity contribution >= 4 is 35.1 Å². The molecule has 3 N–H and O–H groups in total. The highest BCUT2D eigenvalue weighted by molar-refractivity contribution is 8.00. The molecule has 0 saturated carbocycles. The topological polar surface area (TPSA) is 150 Å². The molecule has 0 aliphatic carbocycles. The van der Waals surface area contributed by atoms with Gasteiger partial charge in [0.1, 0.15) is 0 Å². The van der Waals surface area contributed by atoms with Crippen LogP contribution in [0.4, 0.5) is 10.5 Å². The summed E-state index contributed by atoms with van der Waals surface area (Å²) in [6, 6.07) is 6.27. The molecule has 2 heterocycles. The summed E-state index contributed by atoms with van der Waals surface area (Å²) in [6.45, 7) is 0.437. The number of amides is 3. The highest BCUT2D eigenvalue weighted by atomic mass is 32.2. The molecule has 3 amide bonds. The lowest BCUT2D eigenvalue weighted by molar-refractivity contribution is -0.384. The van der Waals surface area contributed by atoms with E-state index in [9.17, 15) is 25.2 Å². The number of fused-ring (bicyclic) bond motifs is 1. The molecule has 10 nitrogen and oxygen atoms in total. The standard InChI is InChI=1S/C20H26N6O4S/c21-25-15(13-5-3-6-14(11-13)26(29)30)7-4-10-22-18(27)9-2-1-8-17-19-16(12-31-17)23-20(28)24-19/h3,5-6,11,16-17,19H,1-2,4,7-10,12H2,(H,22,27)(H2,23,24,28). The van der Waals surface area contributed by atoms with E-state index in [4.69, 9.17) is 0 Å². The Bertz CT molecular complexity index is 888. The minimum atomic E-state index is -0.497. The van der Waals surface area contributed by atoms with Gasteiger partial charge in [-0.2, -0.15) is 16.6 Å². The Labute approximate surface area is 184 Å². The van der Waals surface area contributed by atoms with Gasteiger partial charge in [-0.3, -0.25) is 14.9 Å². The molecule has 0 spiro atoms. The van der Waals surface area contributed by atoms with Crippen molar-refractivity contribution in [1.82, 2.24) is 16.0 Å². The number of thioether (sulfide) groups is 1. The molecule has 3 unspecified atom stereocenters. The van der Waals surface area contributed by atoms with Gasteiger partial charge in [0.25, 0.3) is 11.4 Å². The third-order valence-corrected chi connectivity index (χ3v) is 7.01. The van der Waals surface area contributed by atoms with E-state index >= 15 is 0 Å². The number of urea groups is 1. The summed E-state index contributed by atoms with van der Waals surface area (Å²) >= 11 is 1.87. The molecule has 0 bridgehead atoms. The average Bonchev–Trinajstić information content (AvgIpc) is 3.30. The summed E-state index contributed by atoms with van der Waals surface area (Å²) in [6.07, 6.45) is 4.08. The number of hydrogen-bond acceptors (Lipinski definition) is 5. The highest BCUT2D eigenvalue weighted by Gasteiger charge is 2.42. The number of benzene rings is 1. The Morgan fingerprint density at radius 2 is 2.13 bits per heavy atom. The van der Waals surface area contributed by atoms with Gasteiger partial charge in [0.2, 0.25) is 5.91 Å². The predicted molar refractivity (Wildman–Crippen MR) is 117 cm³/mol. The smallest absolute Gasteiger partial charge is 0.315 e. The molecule has 2 saturated heterocycles. The van der Waals surface area contributed by atoms with Crippen molar-refractivity contribution < 1.29 is 19.3 Å². The Morgan fingerprint density at radius 1 is 1.29 bits per heavy atom. The first-order valence-corrected chi connectivity index (χ1v) is 11.4. The van der Waals surface area contributed by atoms with Crippen LogP contribution in [0.15, 0.2) is 24.3 Å². The maximum Gasteiger partial charge on any atom is 0.315 e. The number of nitro groups is 1. The Balaban J connectivity index is 1.29. The van der Waals surface area contributed by atoms with E-state index in [0.29, 0.717) is 42.3 Å². The molecule has 3 atom stereocenters. The van der Waals surface area contributed by atoms with E-state index in [1.165, 1.54) is 12.1 Å². The van der Waals surface area contributed by atoms with E-state index < -0.39 is 4.92 Å². The molecule has 2 aliphatic rings. The number of non-ortho nitro benzene ring substituents is 1. The van der Waals surface area contributed by atoms with Gasteiger partial charge in [-0.25, -0.2) is 4.79 Å². The Morgan fingerprint density at radius 3 is 2.90 bits per heavy atom. The number of nitrogens with one attached hydrogen (secondary N) is 3. The van der Waals surface area contributed by atoms with Crippen molar-refractivity contribution in [3.63, 3.8) is 0 Å². The molecular formula is C20H26N6O4S. The lowest BCUT2D eigenvalue weighted by Gasteiger charge is -2.16. The number of carbonyl (C=O) groups excluding carboxylic acids is 2. The van der Waals surface area contributed by atoms with Crippen LogP contribution in [0.1, 0.15) is 44.1 Å². The number of carbonyl (C=O) groups is 2. The van der Waals surface area contributed by atoms with E-state index in [1.807, 2.05) is 11.8 Å². The van der Waals surface area contributed by atoms with Gasteiger partial charge >= 0.3 is 6.03 Å². The SMILES string of the molecule is [N-]=[N+]=C(CCCNC(=O)CCCCC1SCC2NC(=O)NC21)c1cccc([N+](=O)[O-])c1. The van der Waals surface area contributed by atoms with Crippen LogP contribution < -0.4 is 16.0 Å². The summed E-state index contributed by atoms with van der Waals surface area (Å²) in [7, 11) is 0. The van der Waals surface area contributed by atoms with Gasteiger partial charge in [-0.15, -0.1) is 0 Å². The number of nitrogens with zero attached hydrogens (tertiary/aromatic N) is 3. The number of hydrogen-bond donors (Lipinski definition) is 3. The molecular weight excluding hydrogens is 420 g/mol. The average molecular weight is 447 g/mol. The molecule has 31 heavy (non-hydrogen) atoms. The third-order valence-electron chi connectivity index (χ3n) is 5.50. The number of nitro benzene ring substituents is 1. The fourth-order valence-corrected chi connectivity index (χ4v) is 5.44. The maximum absolute atomic E-state index is 12.0. The summed E-state index contributed by atoms with van der Waals surface area (Å²) in [5, 5.41) is 20.0. The fourth-order valence-electron chi connectivity index (χ4n) is 3.90. The van der Waals surface area contributed by atoms with Crippen molar-refractivity contribution in [2.45, 2.75) is 55.9 Å². The minimum absolute atomic E-state index is 0.0226. The van der Waals surface area contributed by atoms with Crippen LogP contribution in [0.2, 0.25) is 0 Å². The zero-order chi connectivity index (χ0) is 22.2. The van der Waals surface area contributed by atoms with Crippen molar-refractivity contribution in [2.75, 3.05) is 12.3 Å². The largest absolute Gasteiger partial charge is 0.361 e. The second-order valence-corrected chi connectivity index (χ2v) is 8.95. The van der Waals surface area contributed by atoms with E-state index in [2.05, 4.69) is 20.7 Å². The zero-order valence-corrected chi connectivity index (χ0v) is 17.9. The molecule has 166 valence electrons. The van der Waals surface area contributed by atoms with Crippen LogP contribution in [0.25, 0.3) is 5.53 Å². The third kappa shape index (κ3) is 6.28. The number of unbranched alkanes of at least 4 members (excludes halogenated alkanes) is 1. The van der Waals surface area contributed by atoms with Gasteiger partial charge in [0.15, 0.2) is 0 Å². The summed E-state index contributed by atoms with van der Waals surface area (Å²) < 4.78 is 0. The first-order valence-electron chi connectivity index (χ1n) is 10.4. The first kappa shape index (κ1) is 22.8. The number of rotatable bonds is 11. The quantitative estimate of drug-likeness (QED) is 0.0906. The van der Waals surface area contributed by atoms with Crippen molar-refractivity contribution in [2.24, 2.45) is 0 Å². The fraction of sp³-hybridized carbons (Fsp3) is 0.550.